The lowest BCUT2D eigenvalue weighted by molar-refractivity contribution is 0.0417. The highest BCUT2D eigenvalue weighted by Crippen LogP contribution is 2.39. The molecule has 26 heavy (non-hydrogen) atoms. The van der Waals surface area contributed by atoms with E-state index in [1.165, 1.54) is 4.90 Å². The number of nitrogens with one attached hydrogen (secondary N) is 1. The zero-order valence-electron chi connectivity index (χ0n) is 15.5. The molecule has 0 bridgehead atoms. The van der Waals surface area contributed by atoms with Gasteiger partial charge in [0.25, 0.3) is 0 Å². The molecule has 1 aliphatic heterocycles. The van der Waals surface area contributed by atoms with Gasteiger partial charge in [0.05, 0.1) is 12.3 Å². The van der Waals surface area contributed by atoms with Gasteiger partial charge in [0.1, 0.15) is 11.4 Å². The Balaban J connectivity index is 1.51. The summed E-state index contributed by atoms with van der Waals surface area (Å²) < 4.78 is 11.3. The fraction of sp³-hybridized carbons (Fsp3) is 0.381. The number of aryl methyl sites for hydroxylation is 1. The van der Waals surface area contributed by atoms with Crippen LogP contribution in [0.5, 0.6) is 5.75 Å². The third-order valence-electron chi connectivity index (χ3n) is 4.35. The molecule has 0 saturated heterocycles. The number of carbonyl (C=O) groups is 1. The van der Waals surface area contributed by atoms with Gasteiger partial charge in [-0.25, -0.2) is 4.79 Å². The zero-order chi connectivity index (χ0) is 18.6. The second-order valence-corrected chi connectivity index (χ2v) is 8.07. The monoisotopic (exact) mass is 371 g/mol. The highest BCUT2D eigenvalue weighted by molar-refractivity contribution is 7.99. The average molecular weight is 372 g/mol. The molecule has 4 nitrogen and oxygen atoms in total. The smallest absolute Gasteiger partial charge is 0.412 e. The number of carbonyl (C=O) groups excluding carboxylic acids is 1. The van der Waals surface area contributed by atoms with Gasteiger partial charge in [-0.05, 0) is 69.2 Å². The van der Waals surface area contributed by atoms with Crippen LogP contribution >= 0.6 is 11.8 Å². The van der Waals surface area contributed by atoms with E-state index < -0.39 is 11.7 Å². The van der Waals surface area contributed by atoms with Crippen molar-refractivity contribution >= 4 is 23.5 Å². The molecule has 0 aromatic heterocycles. The Morgan fingerprint density at radius 3 is 2.69 bits per heavy atom. The van der Waals surface area contributed by atoms with E-state index >= 15 is 0 Å². The van der Waals surface area contributed by atoms with E-state index in [0.29, 0.717) is 6.61 Å². The lowest BCUT2D eigenvalue weighted by atomic mass is 9.92. The molecule has 2 aromatic rings. The van der Waals surface area contributed by atoms with Gasteiger partial charge in [0.15, 0.2) is 0 Å². The van der Waals surface area contributed by atoms with Gasteiger partial charge >= 0.3 is 6.09 Å². The van der Waals surface area contributed by atoms with Crippen LogP contribution in [0.25, 0.3) is 0 Å². The summed E-state index contributed by atoms with van der Waals surface area (Å²) in [7, 11) is 0. The Labute approximate surface area is 159 Å². The van der Waals surface area contributed by atoms with Crippen LogP contribution in [0.2, 0.25) is 0 Å². The Kier molecular flexibility index (Phi) is 5.77. The summed E-state index contributed by atoms with van der Waals surface area (Å²) in [6, 6.07) is 14.4. The second kappa shape index (κ2) is 8.04. The van der Waals surface area contributed by atoms with E-state index in [1.807, 2.05) is 50.7 Å². The van der Waals surface area contributed by atoms with E-state index in [9.17, 15) is 4.79 Å². The highest BCUT2D eigenvalue weighted by Gasteiger charge is 2.34. The first-order chi connectivity index (χ1) is 12.5. The molecule has 138 valence electrons. The highest BCUT2D eigenvalue weighted by atomic mass is 32.2. The maximum Gasteiger partial charge on any atom is 0.412 e. The van der Waals surface area contributed by atoms with Crippen molar-refractivity contribution in [2.75, 3.05) is 17.7 Å². The van der Waals surface area contributed by atoms with Gasteiger partial charge in [0.2, 0.25) is 0 Å². The van der Waals surface area contributed by atoms with E-state index in [4.69, 9.17) is 9.47 Å². The summed E-state index contributed by atoms with van der Waals surface area (Å²) in [5.41, 5.74) is 2.11. The van der Waals surface area contributed by atoms with Crippen LogP contribution in [0, 0.1) is 6.92 Å². The minimum atomic E-state index is -0.659. The number of anilines is 1. The quantitative estimate of drug-likeness (QED) is 0.498. The molecule has 2 aromatic carbocycles. The van der Waals surface area contributed by atoms with Crippen molar-refractivity contribution in [2.24, 2.45) is 0 Å². The molecular weight excluding hydrogens is 346 g/mol. The molecule has 5 heteroatoms. The average Bonchev–Trinajstić information content (AvgIpc) is 2.59. The predicted molar refractivity (Wildman–Crippen MR) is 106 cm³/mol. The summed E-state index contributed by atoms with van der Waals surface area (Å²) in [6.45, 7) is 6.45. The lowest BCUT2D eigenvalue weighted by Crippen LogP contribution is -2.35. The second-order valence-electron chi connectivity index (χ2n) is 6.90. The lowest BCUT2D eigenvalue weighted by Gasteiger charge is -2.33. The van der Waals surface area contributed by atoms with Crippen LogP contribution in [0.4, 0.5) is 10.5 Å². The minimum Gasteiger partial charge on any atom is -0.494 e. The normalized spacial score (nSPS) is 15.0. The van der Waals surface area contributed by atoms with Crippen molar-refractivity contribution in [2.45, 2.75) is 44.1 Å². The first kappa shape index (κ1) is 18.6. The molecule has 0 saturated carbocycles. The maximum atomic E-state index is 11.7. The Morgan fingerprint density at radius 2 is 1.92 bits per heavy atom. The van der Waals surface area contributed by atoms with E-state index in [2.05, 4.69) is 29.6 Å². The predicted octanol–water partition coefficient (Wildman–Crippen LogP) is 5.74. The van der Waals surface area contributed by atoms with Crippen LogP contribution in [-0.4, -0.2) is 18.5 Å². The van der Waals surface area contributed by atoms with E-state index in [0.717, 1.165) is 41.2 Å². The molecule has 1 amide bonds. The van der Waals surface area contributed by atoms with Crippen LogP contribution in [0.3, 0.4) is 0 Å². The van der Waals surface area contributed by atoms with Crippen molar-refractivity contribution in [1.29, 1.82) is 0 Å². The number of unbranched alkanes of at least 4 members (excludes halogenated alkanes) is 1. The molecular formula is C21H25NO3S. The van der Waals surface area contributed by atoms with Gasteiger partial charge < -0.3 is 9.47 Å². The van der Waals surface area contributed by atoms with Crippen LogP contribution in [-0.2, 0) is 10.3 Å². The van der Waals surface area contributed by atoms with Crippen molar-refractivity contribution in [3.63, 3.8) is 0 Å². The Bertz CT molecular complexity index is 774. The molecule has 0 atom stereocenters. The van der Waals surface area contributed by atoms with Gasteiger partial charge in [0, 0.05) is 10.5 Å². The van der Waals surface area contributed by atoms with Gasteiger partial charge in [-0.1, -0.05) is 18.2 Å². The Hall–Kier alpha value is -2.14. The van der Waals surface area contributed by atoms with E-state index in [-0.39, 0.29) is 0 Å². The topological polar surface area (TPSA) is 47.6 Å². The molecule has 3 rings (SSSR count). The largest absolute Gasteiger partial charge is 0.494 e. The van der Waals surface area contributed by atoms with E-state index in [1.54, 1.807) is 0 Å². The third-order valence-corrected chi connectivity index (χ3v) is 5.45. The van der Waals surface area contributed by atoms with Crippen molar-refractivity contribution < 1.29 is 14.3 Å². The molecule has 0 radical (unpaired) electrons. The summed E-state index contributed by atoms with van der Waals surface area (Å²) in [5, 5.41) is 2.79. The maximum absolute atomic E-state index is 11.7. The number of amides is 1. The number of hydrogen-bond donors (Lipinski definition) is 1. The molecule has 0 fully saturated rings. The molecule has 1 N–H and O–H groups in total. The third kappa shape index (κ3) is 4.52. The number of ether oxygens (including phenoxy) is 2. The fourth-order valence-electron chi connectivity index (χ4n) is 2.99. The van der Waals surface area contributed by atoms with Crippen LogP contribution < -0.4 is 10.1 Å². The standard InChI is InChI=1S/C21H25NO3S/c1-15-13-16(14-18-19(15)22-20(23)25-21(18,2)3)24-11-7-8-12-26-17-9-5-4-6-10-17/h4-6,9-10,13-14H,7-8,11-12H2,1-3H3,(H,22,23). The first-order valence-corrected chi connectivity index (χ1v) is 9.90. The van der Waals surface area contributed by atoms with Gasteiger partial charge in [-0.3, -0.25) is 5.32 Å². The van der Waals surface area contributed by atoms with Gasteiger partial charge in [-0.2, -0.15) is 0 Å². The van der Waals surface area contributed by atoms with Crippen LogP contribution in [0.15, 0.2) is 47.4 Å². The number of cyclic esters (lactones) is 1. The number of rotatable bonds is 7. The molecule has 1 heterocycles. The van der Waals surface area contributed by atoms with Gasteiger partial charge in [-0.15, -0.1) is 11.8 Å². The number of thioether (sulfide) groups is 1. The number of benzene rings is 2. The molecule has 1 aliphatic rings. The minimum absolute atomic E-state index is 0.407. The summed E-state index contributed by atoms with van der Waals surface area (Å²) in [5.74, 6) is 1.91. The summed E-state index contributed by atoms with van der Waals surface area (Å²) in [6.07, 6.45) is 1.70. The fourth-order valence-corrected chi connectivity index (χ4v) is 3.93. The molecule has 0 unspecified atom stereocenters. The van der Waals surface area contributed by atoms with Crippen molar-refractivity contribution in [3.05, 3.63) is 53.6 Å². The summed E-state index contributed by atoms with van der Waals surface area (Å²) >= 11 is 1.88. The summed E-state index contributed by atoms with van der Waals surface area (Å²) in [4.78, 5) is 13.0. The number of hydrogen-bond acceptors (Lipinski definition) is 4. The first-order valence-electron chi connectivity index (χ1n) is 8.91. The van der Waals surface area contributed by atoms with Crippen LogP contribution in [0.1, 0.15) is 37.8 Å². The SMILES string of the molecule is Cc1cc(OCCCCSc2ccccc2)cc2c1NC(=O)OC2(C)C. The zero-order valence-corrected chi connectivity index (χ0v) is 16.3. The Morgan fingerprint density at radius 1 is 1.15 bits per heavy atom. The van der Waals surface area contributed by atoms with Crippen molar-refractivity contribution in [3.8, 4) is 5.75 Å². The molecule has 0 aliphatic carbocycles. The number of fused-ring (bicyclic) bond motifs is 1. The molecule has 0 spiro atoms. The van der Waals surface area contributed by atoms with Crippen molar-refractivity contribution in [1.82, 2.24) is 0 Å².